The second-order valence-electron chi connectivity index (χ2n) is 5.53. The van der Waals surface area contributed by atoms with E-state index < -0.39 is 9.84 Å². The van der Waals surface area contributed by atoms with Crippen LogP contribution in [-0.2, 0) is 16.4 Å². The first-order valence-corrected chi connectivity index (χ1v) is 9.47. The van der Waals surface area contributed by atoms with Gasteiger partial charge in [0.2, 0.25) is 0 Å². The Kier molecular flexibility index (Phi) is 4.76. The minimum Gasteiger partial charge on any atom is -0.494 e. The summed E-state index contributed by atoms with van der Waals surface area (Å²) >= 11 is 0. The third-order valence-electron chi connectivity index (χ3n) is 3.69. The lowest BCUT2D eigenvalue weighted by Crippen LogP contribution is -2.02. The SMILES string of the molecule is COc1ccc(NCc2ccoc2)nc1-c1ccc(S(C)(=O)=O)cc1. The molecule has 2 aromatic heterocycles. The van der Waals surface area contributed by atoms with E-state index in [1.54, 1.807) is 43.9 Å². The Bertz CT molecular complexity index is 949. The Hall–Kier alpha value is -2.80. The highest BCUT2D eigenvalue weighted by Gasteiger charge is 2.12. The molecule has 0 spiro atoms. The van der Waals surface area contributed by atoms with Crippen molar-refractivity contribution in [2.75, 3.05) is 18.7 Å². The van der Waals surface area contributed by atoms with Gasteiger partial charge in [-0.15, -0.1) is 0 Å². The van der Waals surface area contributed by atoms with Gasteiger partial charge in [-0.3, -0.25) is 0 Å². The number of ether oxygens (including phenoxy) is 1. The van der Waals surface area contributed by atoms with Gasteiger partial charge < -0.3 is 14.5 Å². The predicted octanol–water partition coefficient (Wildman–Crippen LogP) is 3.37. The highest BCUT2D eigenvalue weighted by atomic mass is 32.2. The van der Waals surface area contributed by atoms with Crippen LogP contribution in [0.15, 0.2) is 64.3 Å². The zero-order valence-corrected chi connectivity index (χ0v) is 14.7. The van der Waals surface area contributed by atoms with Gasteiger partial charge in [-0.2, -0.15) is 0 Å². The van der Waals surface area contributed by atoms with E-state index in [4.69, 9.17) is 9.15 Å². The molecule has 0 aliphatic heterocycles. The van der Waals surface area contributed by atoms with Crippen LogP contribution in [0.4, 0.5) is 5.82 Å². The number of furan rings is 1. The normalized spacial score (nSPS) is 11.3. The summed E-state index contributed by atoms with van der Waals surface area (Å²) in [6.07, 6.45) is 4.47. The van der Waals surface area contributed by atoms with Crippen molar-refractivity contribution in [3.63, 3.8) is 0 Å². The molecule has 0 saturated heterocycles. The van der Waals surface area contributed by atoms with Crippen molar-refractivity contribution >= 4 is 15.7 Å². The van der Waals surface area contributed by atoms with Gasteiger partial charge in [-0.25, -0.2) is 13.4 Å². The molecule has 2 heterocycles. The van der Waals surface area contributed by atoms with Crippen molar-refractivity contribution in [2.24, 2.45) is 0 Å². The fourth-order valence-electron chi connectivity index (χ4n) is 2.36. The van der Waals surface area contributed by atoms with E-state index in [9.17, 15) is 8.42 Å². The van der Waals surface area contributed by atoms with E-state index >= 15 is 0 Å². The number of hydrogen-bond donors (Lipinski definition) is 1. The van der Waals surface area contributed by atoms with Gasteiger partial charge in [0.1, 0.15) is 17.3 Å². The Balaban J connectivity index is 1.89. The molecule has 0 fully saturated rings. The lowest BCUT2D eigenvalue weighted by Gasteiger charge is -2.11. The van der Waals surface area contributed by atoms with Crippen LogP contribution in [0.2, 0.25) is 0 Å². The molecule has 130 valence electrons. The smallest absolute Gasteiger partial charge is 0.175 e. The second-order valence-corrected chi connectivity index (χ2v) is 7.54. The average Bonchev–Trinajstić information content (AvgIpc) is 3.12. The summed E-state index contributed by atoms with van der Waals surface area (Å²) < 4.78 is 33.6. The van der Waals surface area contributed by atoms with Crippen molar-refractivity contribution in [3.05, 3.63) is 60.6 Å². The summed E-state index contributed by atoms with van der Waals surface area (Å²) in [4.78, 5) is 4.86. The molecule has 25 heavy (non-hydrogen) atoms. The van der Waals surface area contributed by atoms with E-state index in [0.29, 0.717) is 23.8 Å². The molecule has 0 amide bonds. The monoisotopic (exact) mass is 358 g/mol. The number of methoxy groups -OCH3 is 1. The van der Waals surface area contributed by atoms with Crippen molar-refractivity contribution in [2.45, 2.75) is 11.4 Å². The van der Waals surface area contributed by atoms with Crippen LogP contribution in [0, 0.1) is 0 Å². The van der Waals surface area contributed by atoms with E-state index in [2.05, 4.69) is 10.3 Å². The summed E-state index contributed by atoms with van der Waals surface area (Å²) in [5, 5.41) is 3.22. The fraction of sp³-hybridized carbons (Fsp3) is 0.167. The quantitative estimate of drug-likeness (QED) is 0.728. The second kappa shape index (κ2) is 6.98. The van der Waals surface area contributed by atoms with E-state index in [-0.39, 0.29) is 4.90 Å². The van der Waals surface area contributed by atoms with Crippen molar-refractivity contribution in [1.29, 1.82) is 0 Å². The largest absolute Gasteiger partial charge is 0.494 e. The Morgan fingerprint density at radius 2 is 1.88 bits per heavy atom. The molecule has 0 radical (unpaired) electrons. The molecule has 0 aliphatic rings. The zero-order valence-electron chi connectivity index (χ0n) is 13.9. The van der Waals surface area contributed by atoms with Crippen LogP contribution in [0.25, 0.3) is 11.3 Å². The van der Waals surface area contributed by atoms with Crippen LogP contribution in [-0.4, -0.2) is 26.8 Å². The Labute approximate surface area is 146 Å². The highest BCUT2D eigenvalue weighted by molar-refractivity contribution is 7.90. The summed E-state index contributed by atoms with van der Waals surface area (Å²) in [5.74, 6) is 1.30. The van der Waals surface area contributed by atoms with Gasteiger partial charge in [-0.1, -0.05) is 12.1 Å². The molecule has 0 atom stereocenters. The molecule has 0 unspecified atom stereocenters. The molecule has 0 bridgehead atoms. The van der Waals surface area contributed by atoms with Gasteiger partial charge in [0.05, 0.1) is 24.5 Å². The average molecular weight is 358 g/mol. The number of anilines is 1. The minimum absolute atomic E-state index is 0.268. The number of sulfone groups is 1. The van der Waals surface area contributed by atoms with Crippen molar-refractivity contribution in [1.82, 2.24) is 4.98 Å². The van der Waals surface area contributed by atoms with Gasteiger partial charge in [-0.05, 0) is 30.3 Å². The first kappa shape index (κ1) is 17.0. The molecule has 7 heteroatoms. The summed E-state index contributed by atoms with van der Waals surface area (Å²) in [7, 11) is -1.66. The maximum atomic E-state index is 11.6. The molecule has 1 N–H and O–H groups in total. The lowest BCUT2D eigenvalue weighted by atomic mass is 10.1. The third-order valence-corrected chi connectivity index (χ3v) is 4.82. The van der Waals surface area contributed by atoms with Gasteiger partial charge in [0.25, 0.3) is 0 Å². The first-order chi connectivity index (χ1) is 12.0. The topological polar surface area (TPSA) is 81.4 Å². The maximum Gasteiger partial charge on any atom is 0.175 e. The molecular formula is C18H18N2O4S. The molecular weight excluding hydrogens is 340 g/mol. The summed E-state index contributed by atoms with van der Waals surface area (Å²) in [6.45, 7) is 0.586. The number of pyridine rings is 1. The van der Waals surface area contributed by atoms with Crippen LogP contribution in [0.1, 0.15) is 5.56 Å². The molecule has 0 aliphatic carbocycles. The number of benzene rings is 1. The molecule has 6 nitrogen and oxygen atoms in total. The predicted molar refractivity (Wildman–Crippen MR) is 95.4 cm³/mol. The van der Waals surface area contributed by atoms with E-state index in [1.807, 2.05) is 18.2 Å². The van der Waals surface area contributed by atoms with Crippen LogP contribution in [0.3, 0.4) is 0 Å². The maximum absolute atomic E-state index is 11.6. The fourth-order valence-corrected chi connectivity index (χ4v) is 2.99. The van der Waals surface area contributed by atoms with Crippen molar-refractivity contribution < 1.29 is 17.6 Å². The van der Waals surface area contributed by atoms with Crippen LogP contribution >= 0.6 is 0 Å². The number of rotatable bonds is 6. The van der Waals surface area contributed by atoms with Gasteiger partial charge >= 0.3 is 0 Å². The molecule has 0 saturated carbocycles. The standard InChI is InChI=1S/C18H18N2O4S/c1-23-16-7-8-17(19-11-13-9-10-24-12-13)20-18(16)14-3-5-15(6-4-14)25(2,21)22/h3-10,12H,11H2,1-2H3,(H,19,20). The minimum atomic E-state index is -3.23. The Morgan fingerprint density at radius 3 is 2.48 bits per heavy atom. The number of aromatic nitrogens is 1. The van der Waals surface area contributed by atoms with E-state index in [1.165, 1.54) is 6.26 Å². The Morgan fingerprint density at radius 1 is 1.12 bits per heavy atom. The van der Waals surface area contributed by atoms with Gasteiger partial charge in [0.15, 0.2) is 9.84 Å². The number of hydrogen-bond acceptors (Lipinski definition) is 6. The van der Waals surface area contributed by atoms with Crippen LogP contribution in [0.5, 0.6) is 5.75 Å². The van der Waals surface area contributed by atoms with Gasteiger partial charge in [0, 0.05) is 23.9 Å². The number of nitrogens with zero attached hydrogens (tertiary/aromatic N) is 1. The molecule has 3 aromatic rings. The van der Waals surface area contributed by atoms with E-state index in [0.717, 1.165) is 11.1 Å². The molecule has 3 rings (SSSR count). The summed E-state index contributed by atoms with van der Waals surface area (Å²) in [6, 6.07) is 12.1. The highest BCUT2D eigenvalue weighted by Crippen LogP contribution is 2.30. The lowest BCUT2D eigenvalue weighted by molar-refractivity contribution is 0.415. The van der Waals surface area contributed by atoms with Crippen molar-refractivity contribution in [3.8, 4) is 17.0 Å². The third kappa shape index (κ3) is 4.00. The zero-order chi connectivity index (χ0) is 17.9. The number of nitrogens with one attached hydrogen (secondary N) is 1. The first-order valence-electron chi connectivity index (χ1n) is 7.58. The molecule has 1 aromatic carbocycles. The van der Waals surface area contributed by atoms with Crippen LogP contribution < -0.4 is 10.1 Å². The summed E-state index contributed by atoms with van der Waals surface area (Å²) in [5.41, 5.74) is 2.42.